The smallest absolute Gasteiger partial charge is 0.445 e. The molecule has 2 amide bonds. The summed E-state index contributed by atoms with van der Waals surface area (Å²) in [5, 5.41) is 17.3. The third-order valence-electron chi connectivity index (χ3n) is 1.74. The number of nitrogens with zero attached hydrogens (tertiary/aromatic N) is 2. The van der Waals surface area contributed by atoms with Crippen LogP contribution in [0.2, 0.25) is 0 Å². The van der Waals surface area contributed by atoms with Crippen molar-refractivity contribution in [2.24, 2.45) is 0 Å². The minimum Gasteiger partial charge on any atom is -0.481 e. The Bertz CT molecular complexity index is 462. The molecule has 1 aromatic rings. The number of nitrogens with one attached hydrogen (secondary N) is 2. The van der Waals surface area contributed by atoms with E-state index in [9.17, 15) is 22.8 Å². The average Bonchev–Trinajstić information content (AvgIpc) is 2.72. The summed E-state index contributed by atoms with van der Waals surface area (Å²) < 4.78 is 36.6. The van der Waals surface area contributed by atoms with Crippen LogP contribution < -0.4 is 10.6 Å². The summed E-state index contributed by atoms with van der Waals surface area (Å²) >= 11 is 0.199. The number of urea groups is 1. The van der Waals surface area contributed by atoms with Crippen LogP contribution in [0.1, 0.15) is 17.8 Å². The summed E-state index contributed by atoms with van der Waals surface area (Å²) in [6.45, 7) is 0.0864. The second kappa shape index (κ2) is 6.31. The molecular weight excluding hydrogens is 289 g/mol. The highest BCUT2D eigenvalue weighted by atomic mass is 32.1. The molecule has 1 heterocycles. The van der Waals surface area contributed by atoms with Crippen molar-refractivity contribution in [3.63, 3.8) is 0 Å². The molecule has 106 valence electrons. The average molecular weight is 298 g/mol. The molecule has 0 spiro atoms. The maximum Gasteiger partial charge on any atom is 0.445 e. The largest absolute Gasteiger partial charge is 0.481 e. The zero-order chi connectivity index (χ0) is 14.5. The molecule has 0 aromatic carbocycles. The van der Waals surface area contributed by atoms with Gasteiger partial charge in [-0.2, -0.15) is 13.2 Å². The lowest BCUT2D eigenvalue weighted by Crippen LogP contribution is -2.29. The maximum absolute atomic E-state index is 12.2. The quantitative estimate of drug-likeness (QED) is 0.715. The van der Waals surface area contributed by atoms with E-state index in [1.807, 2.05) is 0 Å². The number of carbonyl (C=O) groups excluding carboxylic acids is 1. The fourth-order valence-electron chi connectivity index (χ4n) is 0.971. The Balaban J connectivity index is 2.36. The number of anilines is 1. The van der Waals surface area contributed by atoms with Crippen molar-refractivity contribution >= 4 is 28.5 Å². The van der Waals surface area contributed by atoms with E-state index in [1.165, 1.54) is 0 Å². The van der Waals surface area contributed by atoms with Gasteiger partial charge in [0.2, 0.25) is 10.1 Å². The summed E-state index contributed by atoms with van der Waals surface area (Å²) in [5.41, 5.74) is 0. The van der Waals surface area contributed by atoms with Gasteiger partial charge in [0.05, 0.1) is 0 Å². The van der Waals surface area contributed by atoms with Gasteiger partial charge in [-0.3, -0.25) is 10.1 Å². The highest BCUT2D eigenvalue weighted by Gasteiger charge is 2.35. The molecule has 0 saturated carbocycles. The second-order valence-electron chi connectivity index (χ2n) is 3.29. The third kappa shape index (κ3) is 5.50. The van der Waals surface area contributed by atoms with Crippen LogP contribution in [0.25, 0.3) is 0 Å². The molecule has 0 aliphatic heterocycles. The minimum atomic E-state index is -4.60. The molecule has 7 nitrogen and oxygen atoms in total. The predicted octanol–water partition coefficient (Wildman–Crippen LogP) is 1.54. The lowest BCUT2D eigenvalue weighted by Gasteiger charge is -2.03. The number of aromatic nitrogens is 2. The predicted molar refractivity (Wildman–Crippen MR) is 58.8 cm³/mol. The van der Waals surface area contributed by atoms with Crippen LogP contribution in [-0.4, -0.2) is 33.8 Å². The van der Waals surface area contributed by atoms with Crippen LogP contribution in [0.5, 0.6) is 0 Å². The highest BCUT2D eigenvalue weighted by Crippen LogP contribution is 2.32. The van der Waals surface area contributed by atoms with Gasteiger partial charge in [-0.1, -0.05) is 11.3 Å². The molecule has 11 heteroatoms. The molecular formula is C8H9F3N4O3S. The Morgan fingerprint density at radius 1 is 1.32 bits per heavy atom. The minimum absolute atomic E-state index is 0.0864. The Kier molecular flexibility index (Phi) is 5.03. The summed E-state index contributed by atoms with van der Waals surface area (Å²) in [6.07, 6.45) is -4.50. The molecule has 0 unspecified atom stereocenters. The van der Waals surface area contributed by atoms with E-state index in [0.717, 1.165) is 0 Å². The van der Waals surface area contributed by atoms with Crippen molar-refractivity contribution in [2.45, 2.75) is 19.0 Å². The number of hydrogen-bond donors (Lipinski definition) is 3. The Hall–Kier alpha value is -1.91. The fourth-order valence-corrected chi connectivity index (χ4v) is 1.58. The normalized spacial score (nSPS) is 11.1. The molecule has 1 aromatic heterocycles. The van der Waals surface area contributed by atoms with Crippen LogP contribution >= 0.6 is 11.3 Å². The number of carbonyl (C=O) groups is 2. The van der Waals surface area contributed by atoms with Gasteiger partial charge < -0.3 is 10.4 Å². The molecule has 3 N–H and O–H groups in total. The first-order valence-electron chi connectivity index (χ1n) is 4.96. The third-order valence-corrected chi connectivity index (χ3v) is 2.62. The molecule has 19 heavy (non-hydrogen) atoms. The van der Waals surface area contributed by atoms with Crippen LogP contribution in [0.4, 0.5) is 23.1 Å². The van der Waals surface area contributed by atoms with Crippen LogP contribution in [0, 0.1) is 0 Å². The van der Waals surface area contributed by atoms with E-state index >= 15 is 0 Å². The van der Waals surface area contributed by atoms with Gasteiger partial charge in [-0.25, -0.2) is 4.79 Å². The van der Waals surface area contributed by atoms with Crippen LogP contribution in [-0.2, 0) is 11.0 Å². The number of carboxylic acids is 1. The van der Waals surface area contributed by atoms with E-state index in [2.05, 4.69) is 20.8 Å². The van der Waals surface area contributed by atoms with Crippen molar-refractivity contribution in [3.05, 3.63) is 5.01 Å². The van der Waals surface area contributed by atoms with Gasteiger partial charge >= 0.3 is 18.2 Å². The van der Waals surface area contributed by atoms with Crippen molar-refractivity contribution in [1.82, 2.24) is 15.5 Å². The molecule has 0 aliphatic carbocycles. The maximum atomic E-state index is 12.2. The summed E-state index contributed by atoms with van der Waals surface area (Å²) in [6, 6.07) is -0.768. The van der Waals surface area contributed by atoms with Gasteiger partial charge in [0.25, 0.3) is 0 Å². The number of rotatable bonds is 5. The van der Waals surface area contributed by atoms with Crippen molar-refractivity contribution in [3.8, 4) is 0 Å². The van der Waals surface area contributed by atoms with Gasteiger partial charge in [-0.05, 0) is 6.42 Å². The molecule has 0 saturated heterocycles. The number of amides is 2. The molecule has 1 rings (SSSR count). The standard InChI is InChI=1S/C8H9F3N4O3S/c9-8(10,11)5-14-15-7(19-5)13-6(18)12-3-1-2-4(16)17/h1-3H2,(H,16,17)(H2,12,13,15,18). The Labute approximate surface area is 108 Å². The summed E-state index contributed by atoms with van der Waals surface area (Å²) in [7, 11) is 0. The first kappa shape index (κ1) is 15.1. The van der Waals surface area contributed by atoms with E-state index < -0.39 is 23.2 Å². The van der Waals surface area contributed by atoms with Gasteiger partial charge in [0.15, 0.2) is 0 Å². The number of hydrogen-bond acceptors (Lipinski definition) is 5. The second-order valence-corrected chi connectivity index (χ2v) is 4.27. The zero-order valence-corrected chi connectivity index (χ0v) is 10.1. The van der Waals surface area contributed by atoms with Crippen LogP contribution in [0.15, 0.2) is 0 Å². The van der Waals surface area contributed by atoms with Crippen molar-refractivity contribution in [2.75, 3.05) is 11.9 Å². The van der Waals surface area contributed by atoms with E-state index in [1.54, 1.807) is 0 Å². The number of halogens is 3. The molecule has 0 aliphatic rings. The molecule has 0 fully saturated rings. The van der Waals surface area contributed by atoms with Gasteiger partial charge in [0, 0.05) is 13.0 Å². The Morgan fingerprint density at radius 2 is 2.00 bits per heavy atom. The monoisotopic (exact) mass is 298 g/mol. The fraction of sp³-hybridized carbons (Fsp3) is 0.500. The summed E-state index contributed by atoms with van der Waals surface area (Å²) in [4.78, 5) is 21.4. The molecule has 0 atom stereocenters. The van der Waals surface area contributed by atoms with Gasteiger partial charge in [0.1, 0.15) is 0 Å². The van der Waals surface area contributed by atoms with E-state index in [-0.39, 0.29) is 35.9 Å². The molecule has 0 radical (unpaired) electrons. The van der Waals surface area contributed by atoms with E-state index in [4.69, 9.17) is 5.11 Å². The number of carboxylic acid groups (broad SMARTS) is 1. The lowest BCUT2D eigenvalue weighted by molar-refractivity contribution is -0.138. The topological polar surface area (TPSA) is 104 Å². The SMILES string of the molecule is O=C(O)CCCNC(=O)Nc1nnc(C(F)(F)F)s1. The van der Waals surface area contributed by atoms with Gasteiger partial charge in [-0.15, -0.1) is 10.2 Å². The first-order valence-corrected chi connectivity index (χ1v) is 5.78. The van der Waals surface area contributed by atoms with Crippen LogP contribution in [0.3, 0.4) is 0 Å². The zero-order valence-electron chi connectivity index (χ0n) is 9.32. The first-order chi connectivity index (χ1) is 8.79. The highest BCUT2D eigenvalue weighted by molar-refractivity contribution is 7.15. The number of alkyl halides is 3. The van der Waals surface area contributed by atoms with E-state index in [0.29, 0.717) is 0 Å². The Morgan fingerprint density at radius 3 is 2.53 bits per heavy atom. The molecule has 0 bridgehead atoms. The number of aliphatic carboxylic acids is 1. The van der Waals surface area contributed by atoms with Crippen molar-refractivity contribution in [1.29, 1.82) is 0 Å². The van der Waals surface area contributed by atoms with Crippen molar-refractivity contribution < 1.29 is 27.9 Å². The summed E-state index contributed by atoms with van der Waals surface area (Å²) in [5.74, 6) is -0.999. The lowest BCUT2D eigenvalue weighted by atomic mass is 10.3.